The highest BCUT2D eigenvalue weighted by molar-refractivity contribution is 6.34. The third-order valence-electron chi connectivity index (χ3n) is 2.45. The molecule has 0 aliphatic carbocycles. The lowest BCUT2D eigenvalue weighted by Crippen LogP contribution is -1.87. The van der Waals surface area contributed by atoms with E-state index in [1.54, 1.807) is 12.4 Å². The van der Waals surface area contributed by atoms with Crippen LogP contribution in [0.5, 0.6) is 0 Å². The van der Waals surface area contributed by atoms with Crippen molar-refractivity contribution in [3.05, 3.63) is 41.2 Å². The maximum Gasteiger partial charge on any atom is 0.222 e. The summed E-state index contributed by atoms with van der Waals surface area (Å²) in [5, 5.41) is 1.64. The molecule has 84 valence electrons. The summed E-state index contributed by atoms with van der Waals surface area (Å²) in [5.74, 6) is 0. The first-order chi connectivity index (χ1) is 8.25. The highest BCUT2D eigenvalue weighted by Gasteiger charge is 2.11. The Balaban J connectivity index is 2.31. The van der Waals surface area contributed by atoms with Crippen LogP contribution >= 0.6 is 23.2 Å². The van der Waals surface area contributed by atoms with Gasteiger partial charge in [-0.2, -0.15) is 0 Å². The van der Waals surface area contributed by atoms with Crippen molar-refractivity contribution in [3.8, 4) is 11.3 Å². The fraction of sp³-hybridized carbons (Fsp3) is 0. The van der Waals surface area contributed by atoms with Crippen LogP contribution in [0.3, 0.4) is 0 Å². The lowest BCUT2D eigenvalue weighted by molar-refractivity contribution is 1.17. The van der Waals surface area contributed by atoms with E-state index in [1.165, 1.54) is 6.20 Å². The maximum absolute atomic E-state index is 6.07. The fourth-order valence-corrected chi connectivity index (χ4v) is 2.03. The Morgan fingerprint density at radius 1 is 1.18 bits per heavy atom. The number of H-pyrrole nitrogens is 1. The molecule has 0 aliphatic rings. The summed E-state index contributed by atoms with van der Waals surface area (Å²) in [4.78, 5) is 15.1. The molecule has 0 spiro atoms. The lowest BCUT2D eigenvalue weighted by atomic mass is 10.1. The SMILES string of the molecule is Clc1ncc(Cl)c(-c2c[nH]c3cnccc23)n1. The Bertz CT molecular complexity index is 693. The molecule has 0 bridgehead atoms. The van der Waals surface area contributed by atoms with E-state index in [-0.39, 0.29) is 5.28 Å². The van der Waals surface area contributed by atoms with E-state index >= 15 is 0 Å². The van der Waals surface area contributed by atoms with Crippen molar-refractivity contribution in [2.75, 3.05) is 0 Å². The van der Waals surface area contributed by atoms with E-state index in [4.69, 9.17) is 23.2 Å². The van der Waals surface area contributed by atoms with Crippen molar-refractivity contribution in [1.29, 1.82) is 0 Å². The van der Waals surface area contributed by atoms with Crippen molar-refractivity contribution in [1.82, 2.24) is 19.9 Å². The van der Waals surface area contributed by atoms with Gasteiger partial charge in [-0.3, -0.25) is 4.98 Å². The molecule has 3 aromatic rings. The first-order valence-electron chi connectivity index (χ1n) is 4.85. The van der Waals surface area contributed by atoms with Crippen molar-refractivity contribution < 1.29 is 0 Å². The van der Waals surface area contributed by atoms with E-state index in [1.807, 2.05) is 12.3 Å². The van der Waals surface area contributed by atoms with Gasteiger partial charge >= 0.3 is 0 Å². The van der Waals surface area contributed by atoms with Gasteiger partial charge in [0.1, 0.15) is 0 Å². The van der Waals surface area contributed by atoms with Gasteiger partial charge in [-0.25, -0.2) is 9.97 Å². The van der Waals surface area contributed by atoms with E-state index < -0.39 is 0 Å². The average molecular weight is 265 g/mol. The maximum atomic E-state index is 6.07. The van der Waals surface area contributed by atoms with Crippen LogP contribution < -0.4 is 0 Å². The molecular weight excluding hydrogens is 259 g/mol. The van der Waals surface area contributed by atoms with Crippen molar-refractivity contribution in [2.45, 2.75) is 0 Å². The van der Waals surface area contributed by atoms with Crippen LogP contribution in [0.1, 0.15) is 0 Å². The van der Waals surface area contributed by atoms with Gasteiger partial charge in [0.25, 0.3) is 0 Å². The molecule has 0 fully saturated rings. The number of hydrogen-bond donors (Lipinski definition) is 1. The summed E-state index contributed by atoms with van der Waals surface area (Å²) in [6.07, 6.45) is 6.79. The fourth-order valence-electron chi connectivity index (χ4n) is 1.70. The van der Waals surface area contributed by atoms with E-state index in [9.17, 15) is 0 Å². The van der Waals surface area contributed by atoms with Crippen molar-refractivity contribution in [3.63, 3.8) is 0 Å². The third-order valence-corrected chi connectivity index (χ3v) is 2.91. The summed E-state index contributed by atoms with van der Waals surface area (Å²) < 4.78 is 0. The molecule has 17 heavy (non-hydrogen) atoms. The largest absolute Gasteiger partial charge is 0.359 e. The minimum absolute atomic E-state index is 0.174. The van der Waals surface area contributed by atoms with Gasteiger partial charge in [0.2, 0.25) is 5.28 Å². The predicted octanol–water partition coefficient (Wildman–Crippen LogP) is 3.33. The Morgan fingerprint density at radius 3 is 2.94 bits per heavy atom. The minimum atomic E-state index is 0.174. The second-order valence-electron chi connectivity index (χ2n) is 3.46. The zero-order valence-electron chi connectivity index (χ0n) is 8.48. The number of fused-ring (bicyclic) bond motifs is 1. The molecule has 4 nitrogen and oxygen atoms in total. The van der Waals surface area contributed by atoms with E-state index in [0.29, 0.717) is 10.7 Å². The zero-order valence-corrected chi connectivity index (χ0v) is 10.00. The molecule has 3 aromatic heterocycles. The van der Waals surface area contributed by atoms with Gasteiger partial charge in [-0.05, 0) is 17.7 Å². The molecule has 6 heteroatoms. The van der Waals surface area contributed by atoms with Gasteiger partial charge < -0.3 is 4.98 Å². The van der Waals surface area contributed by atoms with Crippen LogP contribution in [0, 0.1) is 0 Å². The highest BCUT2D eigenvalue weighted by Crippen LogP contribution is 2.31. The van der Waals surface area contributed by atoms with Crippen LogP contribution in [0.15, 0.2) is 30.9 Å². The Kier molecular flexibility index (Phi) is 2.46. The molecule has 3 rings (SSSR count). The van der Waals surface area contributed by atoms with Crippen LogP contribution in [0.4, 0.5) is 0 Å². The van der Waals surface area contributed by atoms with Crippen LogP contribution in [-0.2, 0) is 0 Å². The monoisotopic (exact) mass is 264 g/mol. The summed E-state index contributed by atoms with van der Waals surface area (Å²) in [5.41, 5.74) is 2.43. The predicted molar refractivity (Wildman–Crippen MR) is 67.1 cm³/mol. The molecule has 0 unspecified atom stereocenters. The van der Waals surface area contributed by atoms with Gasteiger partial charge in [0, 0.05) is 23.3 Å². The lowest BCUT2D eigenvalue weighted by Gasteiger charge is -2.01. The molecule has 0 radical (unpaired) electrons. The second-order valence-corrected chi connectivity index (χ2v) is 4.20. The van der Waals surface area contributed by atoms with Crippen LogP contribution in [0.25, 0.3) is 22.2 Å². The first-order valence-corrected chi connectivity index (χ1v) is 5.61. The van der Waals surface area contributed by atoms with E-state index in [2.05, 4.69) is 19.9 Å². The summed E-state index contributed by atoms with van der Waals surface area (Å²) in [6, 6.07) is 1.90. The summed E-state index contributed by atoms with van der Waals surface area (Å²) in [7, 11) is 0. The normalized spacial score (nSPS) is 10.9. The number of rotatable bonds is 1. The molecule has 0 aromatic carbocycles. The molecule has 1 N–H and O–H groups in total. The third kappa shape index (κ3) is 1.75. The Labute approximate surface area is 107 Å². The molecule has 0 atom stereocenters. The number of nitrogens with zero attached hydrogens (tertiary/aromatic N) is 3. The smallest absolute Gasteiger partial charge is 0.222 e. The summed E-state index contributed by atoms with van der Waals surface area (Å²) >= 11 is 11.9. The number of aromatic amines is 1. The number of nitrogens with one attached hydrogen (secondary N) is 1. The van der Waals surface area contributed by atoms with Gasteiger partial charge in [0.05, 0.1) is 28.6 Å². The molecule has 0 saturated carbocycles. The Morgan fingerprint density at radius 2 is 2.06 bits per heavy atom. The average Bonchev–Trinajstić information content (AvgIpc) is 2.76. The number of pyridine rings is 1. The standard InChI is InChI=1S/C11H6Cl2N4/c12-8-4-16-11(13)17-10(8)7-3-15-9-5-14-2-1-6(7)9/h1-5,15H. The quantitative estimate of drug-likeness (QED) is 0.686. The number of halogens is 2. The van der Waals surface area contributed by atoms with Crippen LogP contribution in [0.2, 0.25) is 10.3 Å². The second kappa shape index (κ2) is 3.98. The number of aromatic nitrogens is 4. The molecule has 0 amide bonds. The van der Waals surface area contributed by atoms with Crippen molar-refractivity contribution >= 4 is 34.1 Å². The van der Waals surface area contributed by atoms with Gasteiger partial charge in [-0.15, -0.1) is 0 Å². The molecule has 3 heterocycles. The highest BCUT2D eigenvalue weighted by atomic mass is 35.5. The molecule has 0 saturated heterocycles. The van der Waals surface area contributed by atoms with Gasteiger partial charge in [-0.1, -0.05) is 11.6 Å². The van der Waals surface area contributed by atoms with Crippen LogP contribution in [-0.4, -0.2) is 19.9 Å². The zero-order chi connectivity index (χ0) is 11.8. The van der Waals surface area contributed by atoms with E-state index in [0.717, 1.165) is 16.5 Å². The summed E-state index contributed by atoms with van der Waals surface area (Å²) in [6.45, 7) is 0. The van der Waals surface area contributed by atoms with Gasteiger partial charge in [0.15, 0.2) is 0 Å². The molecule has 0 aliphatic heterocycles. The molecular formula is C11H6Cl2N4. The minimum Gasteiger partial charge on any atom is -0.359 e. The first kappa shape index (κ1) is 10.5. The number of hydrogen-bond acceptors (Lipinski definition) is 3. The topological polar surface area (TPSA) is 54.5 Å². The van der Waals surface area contributed by atoms with Crippen molar-refractivity contribution in [2.24, 2.45) is 0 Å². The Hall–Kier alpha value is -1.65.